The molecule has 2 aromatic carbocycles. The van der Waals surface area contributed by atoms with Crippen LogP contribution in [0.1, 0.15) is 32.2 Å². The number of rotatable bonds is 4. The Hall–Kier alpha value is -3.44. The zero-order valence-corrected chi connectivity index (χ0v) is 12.7. The molecule has 0 aliphatic carbocycles. The highest BCUT2D eigenvalue weighted by Gasteiger charge is 2.38. The predicted octanol–water partition coefficient (Wildman–Crippen LogP) is 2.73. The van der Waals surface area contributed by atoms with Crippen LogP contribution >= 0.6 is 0 Å². The third-order valence-corrected chi connectivity index (χ3v) is 4.17. The zero-order chi connectivity index (χ0) is 17.1. The summed E-state index contributed by atoms with van der Waals surface area (Å²) >= 11 is 0. The first-order valence-corrected chi connectivity index (χ1v) is 7.46. The fourth-order valence-corrected chi connectivity index (χ4v) is 2.91. The lowest BCUT2D eigenvalue weighted by atomic mass is 9.87. The largest absolute Gasteiger partial charge is 0.274 e. The van der Waals surface area contributed by atoms with Crippen LogP contribution in [0.5, 0.6) is 0 Å². The van der Waals surface area contributed by atoms with Crippen LogP contribution in [-0.2, 0) is 0 Å². The van der Waals surface area contributed by atoms with Crippen LogP contribution < -0.4 is 0 Å². The molecule has 1 atom stereocenters. The Morgan fingerprint density at radius 3 is 1.83 bits per heavy atom. The molecule has 0 saturated heterocycles. The molecule has 24 heavy (non-hydrogen) atoms. The third kappa shape index (κ3) is 2.53. The van der Waals surface area contributed by atoms with Gasteiger partial charge in [0.05, 0.1) is 23.3 Å². The van der Waals surface area contributed by atoms with Gasteiger partial charge in [-0.05, 0) is 17.7 Å². The number of benzene rings is 2. The molecule has 0 aromatic heterocycles. The highest BCUT2D eigenvalue weighted by atomic mass is 16.2. The van der Waals surface area contributed by atoms with E-state index >= 15 is 0 Å². The number of nitriles is 2. The standard InChI is InChI=1S/C19H13N3O2/c20-10-14(11-21)17(13-6-2-1-3-7-13)12-22-18(23)15-8-4-5-9-16(15)19(22)24/h1-9,14,17H,12H2. The van der Waals surface area contributed by atoms with Crippen LogP contribution in [0.4, 0.5) is 0 Å². The van der Waals surface area contributed by atoms with Crippen molar-refractivity contribution in [3.63, 3.8) is 0 Å². The van der Waals surface area contributed by atoms with Gasteiger partial charge in [-0.25, -0.2) is 0 Å². The van der Waals surface area contributed by atoms with Crippen LogP contribution in [0.25, 0.3) is 0 Å². The van der Waals surface area contributed by atoms with Crippen LogP contribution in [0.3, 0.4) is 0 Å². The van der Waals surface area contributed by atoms with Gasteiger partial charge in [0, 0.05) is 12.5 Å². The number of fused-ring (bicyclic) bond motifs is 1. The summed E-state index contributed by atoms with van der Waals surface area (Å²) in [5, 5.41) is 18.6. The molecule has 0 radical (unpaired) electrons. The zero-order valence-electron chi connectivity index (χ0n) is 12.7. The monoisotopic (exact) mass is 315 g/mol. The number of hydrogen-bond donors (Lipinski definition) is 0. The normalized spacial score (nSPS) is 14.2. The highest BCUT2D eigenvalue weighted by Crippen LogP contribution is 2.30. The number of imide groups is 1. The third-order valence-electron chi connectivity index (χ3n) is 4.17. The topological polar surface area (TPSA) is 85.0 Å². The molecule has 2 amide bonds. The van der Waals surface area contributed by atoms with E-state index in [-0.39, 0.29) is 18.4 Å². The number of amides is 2. The molecule has 5 nitrogen and oxygen atoms in total. The minimum atomic E-state index is -0.947. The van der Waals surface area contributed by atoms with E-state index in [1.165, 1.54) is 0 Å². The maximum Gasteiger partial charge on any atom is 0.261 e. The van der Waals surface area contributed by atoms with Crippen molar-refractivity contribution in [1.29, 1.82) is 10.5 Å². The quantitative estimate of drug-likeness (QED) is 0.812. The second-order valence-electron chi connectivity index (χ2n) is 5.52. The lowest BCUT2D eigenvalue weighted by Crippen LogP contribution is -2.35. The lowest BCUT2D eigenvalue weighted by Gasteiger charge is -2.23. The Morgan fingerprint density at radius 1 is 0.833 bits per heavy atom. The molecule has 5 heteroatoms. The molecule has 1 unspecified atom stereocenters. The summed E-state index contributed by atoms with van der Waals surface area (Å²) in [6.45, 7) is 0.00213. The van der Waals surface area contributed by atoms with Gasteiger partial charge >= 0.3 is 0 Å². The Labute approximate surface area is 139 Å². The molecule has 1 aliphatic rings. The maximum absolute atomic E-state index is 12.5. The summed E-state index contributed by atoms with van der Waals surface area (Å²) < 4.78 is 0. The highest BCUT2D eigenvalue weighted by molar-refractivity contribution is 6.21. The van der Waals surface area contributed by atoms with E-state index < -0.39 is 11.8 Å². The van der Waals surface area contributed by atoms with Gasteiger partial charge in [-0.3, -0.25) is 14.5 Å². The maximum atomic E-state index is 12.5. The summed E-state index contributed by atoms with van der Waals surface area (Å²) in [5.74, 6) is -2.27. The smallest absolute Gasteiger partial charge is 0.261 e. The Morgan fingerprint density at radius 2 is 1.33 bits per heavy atom. The molecule has 0 N–H and O–H groups in total. The second kappa shape index (κ2) is 6.36. The lowest BCUT2D eigenvalue weighted by molar-refractivity contribution is 0.0641. The number of carbonyl (C=O) groups excluding carboxylic acids is 2. The average Bonchev–Trinajstić information content (AvgIpc) is 2.87. The van der Waals surface area contributed by atoms with Crippen molar-refractivity contribution < 1.29 is 9.59 Å². The molecule has 0 saturated carbocycles. The first-order chi connectivity index (χ1) is 11.7. The average molecular weight is 315 g/mol. The SMILES string of the molecule is N#CC(C#N)C(CN1C(=O)c2ccccc2C1=O)c1ccccc1. The minimum Gasteiger partial charge on any atom is -0.274 e. The molecule has 116 valence electrons. The summed E-state index contributed by atoms with van der Waals surface area (Å²) in [7, 11) is 0. The van der Waals surface area contributed by atoms with Gasteiger partial charge in [0.1, 0.15) is 5.92 Å². The summed E-state index contributed by atoms with van der Waals surface area (Å²) in [5.41, 5.74) is 1.47. The number of nitrogens with zero attached hydrogens (tertiary/aromatic N) is 3. The second-order valence-corrected chi connectivity index (χ2v) is 5.52. The van der Waals surface area contributed by atoms with Gasteiger partial charge in [0.25, 0.3) is 11.8 Å². The molecule has 1 heterocycles. The first kappa shape index (κ1) is 15.5. The first-order valence-electron chi connectivity index (χ1n) is 7.46. The molecule has 0 bridgehead atoms. The van der Waals surface area contributed by atoms with E-state index in [0.717, 1.165) is 10.5 Å². The molecule has 0 spiro atoms. The van der Waals surface area contributed by atoms with Gasteiger partial charge < -0.3 is 0 Å². The van der Waals surface area contributed by atoms with Crippen LogP contribution in [0, 0.1) is 28.6 Å². The van der Waals surface area contributed by atoms with E-state index in [4.69, 9.17) is 0 Å². The van der Waals surface area contributed by atoms with E-state index in [2.05, 4.69) is 0 Å². The van der Waals surface area contributed by atoms with Crippen molar-refractivity contribution in [3.05, 3.63) is 71.3 Å². The van der Waals surface area contributed by atoms with Crippen molar-refractivity contribution >= 4 is 11.8 Å². The molecular weight excluding hydrogens is 302 g/mol. The van der Waals surface area contributed by atoms with Crippen molar-refractivity contribution in [3.8, 4) is 12.1 Å². The Bertz CT molecular complexity index is 828. The summed E-state index contributed by atoms with van der Waals surface area (Å²) in [4.78, 5) is 26.2. The van der Waals surface area contributed by atoms with E-state index in [0.29, 0.717) is 11.1 Å². The fourth-order valence-electron chi connectivity index (χ4n) is 2.91. The Balaban J connectivity index is 1.95. The summed E-state index contributed by atoms with van der Waals surface area (Å²) in [6.07, 6.45) is 0. The van der Waals surface area contributed by atoms with Gasteiger partial charge in [0.2, 0.25) is 0 Å². The van der Waals surface area contributed by atoms with E-state index in [9.17, 15) is 20.1 Å². The fraction of sp³-hybridized carbons (Fsp3) is 0.158. The van der Waals surface area contributed by atoms with Gasteiger partial charge in [-0.2, -0.15) is 10.5 Å². The predicted molar refractivity (Wildman–Crippen MR) is 85.7 cm³/mol. The van der Waals surface area contributed by atoms with Crippen molar-refractivity contribution in [2.45, 2.75) is 5.92 Å². The number of hydrogen-bond acceptors (Lipinski definition) is 4. The molecule has 2 aromatic rings. The van der Waals surface area contributed by atoms with Crippen molar-refractivity contribution in [2.24, 2.45) is 5.92 Å². The molecule has 0 fully saturated rings. The Kier molecular flexibility index (Phi) is 4.09. The van der Waals surface area contributed by atoms with Crippen LogP contribution in [0.2, 0.25) is 0 Å². The minimum absolute atomic E-state index is 0.00213. The van der Waals surface area contributed by atoms with Gasteiger partial charge in [0.15, 0.2) is 0 Å². The van der Waals surface area contributed by atoms with Gasteiger partial charge in [-0.15, -0.1) is 0 Å². The van der Waals surface area contributed by atoms with Gasteiger partial charge in [-0.1, -0.05) is 42.5 Å². The van der Waals surface area contributed by atoms with Crippen molar-refractivity contribution in [1.82, 2.24) is 4.90 Å². The van der Waals surface area contributed by atoms with Crippen LogP contribution in [0.15, 0.2) is 54.6 Å². The van der Waals surface area contributed by atoms with E-state index in [1.807, 2.05) is 18.2 Å². The van der Waals surface area contributed by atoms with Crippen LogP contribution in [-0.4, -0.2) is 23.3 Å². The molecular formula is C19H13N3O2. The van der Waals surface area contributed by atoms with E-state index in [1.54, 1.807) is 48.5 Å². The molecule has 3 rings (SSSR count). The van der Waals surface area contributed by atoms with Crippen molar-refractivity contribution in [2.75, 3.05) is 6.54 Å². The summed E-state index contributed by atoms with van der Waals surface area (Å²) in [6, 6.07) is 19.6. The number of carbonyl (C=O) groups is 2. The molecule has 1 aliphatic heterocycles.